The van der Waals surface area contributed by atoms with E-state index >= 15 is 0 Å². The highest BCUT2D eigenvalue weighted by Crippen LogP contribution is 2.32. The first-order valence-corrected chi connectivity index (χ1v) is 8.80. The van der Waals surface area contributed by atoms with Crippen molar-refractivity contribution in [1.82, 2.24) is 15.5 Å². The number of hydrogen-bond donors (Lipinski definition) is 6. The van der Waals surface area contributed by atoms with Gasteiger partial charge in [0.25, 0.3) is 0 Å². The molecule has 0 bridgehead atoms. The fourth-order valence-corrected chi connectivity index (χ4v) is 3.47. The van der Waals surface area contributed by atoms with Crippen LogP contribution in [0, 0.1) is 5.41 Å². The van der Waals surface area contributed by atoms with Crippen LogP contribution in [-0.4, -0.2) is 106 Å². The highest BCUT2D eigenvalue weighted by atomic mass is 32.1. The Labute approximate surface area is 165 Å². The molecule has 2 fully saturated rings. The average molecular weight is 421 g/mol. The molecule has 28 heavy (non-hydrogen) atoms. The molecule has 2 rings (SSSR count). The number of methoxy groups -OCH3 is 1. The van der Waals surface area contributed by atoms with Gasteiger partial charge in [-0.1, -0.05) is 0 Å². The predicted octanol–water partition coefficient (Wildman–Crippen LogP) is -3.63. The summed E-state index contributed by atoms with van der Waals surface area (Å²) < 4.78 is 10.1. The van der Waals surface area contributed by atoms with Crippen LogP contribution in [0.25, 0.3) is 0 Å². The van der Waals surface area contributed by atoms with Crippen molar-refractivity contribution in [2.75, 3.05) is 33.4 Å². The summed E-state index contributed by atoms with van der Waals surface area (Å²) in [5.74, 6) is -2.48. The van der Waals surface area contributed by atoms with Crippen LogP contribution in [0.3, 0.4) is 0 Å². The van der Waals surface area contributed by atoms with Crippen molar-refractivity contribution in [1.29, 1.82) is 0 Å². The third-order valence-electron chi connectivity index (χ3n) is 4.71. The van der Waals surface area contributed by atoms with Gasteiger partial charge in [0.2, 0.25) is 5.91 Å². The van der Waals surface area contributed by atoms with Gasteiger partial charge >= 0.3 is 11.9 Å². The quantitative estimate of drug-likeness (QED) is 0.168. The van der Waals surface area contributed by atoms with Gasteiger partial charge in [-0.2, -0.15) is 0 Å². The summed E-state index contributed by atoms with van der Waals surface area (Å²) in [5, 5.41) is 43.2. The molecule has 2 aliphatic rings. The van der Waals surface area contributed by atoms with E-state index in [4.69, 9.17) is 22.1 Å². The van der Waals surface area contributed by atoms with Gasteiger partial charge in [0.1, 0.15) is 18.3 Å². The van der Waals surface area contributed by atoms with E-state index in [1.165, 1.54) is 4.90 Å². The number of amides is 1. The summed E-state index contributed by atoms with van der Waals surface area (Å²) in [6.45, 7) is -1.41. The molecule has 5 atom stereocenters. The van der Waals surface area contributed by atoms with E-state index in [1.54, 1.807) is 0 Å². The number of hydrogen-bond acceptors (Lipinski definition) is 10. The number of thiocarbonyl (C=S) groups is 1. The molecule has 1 amide bonds. The molecular formula is C15H23N3O9S. The van der Waals surface area contributed by atoms with Crippen molar-refractivity contribution in [2.24, 2.45) is 5.41 Å². The Morgan fingerprint density at radius 1 is 1.43 bits per heavy atom. The molecule has 2 heterocycles. The monoisotopic (exact) mass is 421 g/mol. The summed E-state index contributed by atoms with van der Waals surface area (Å²) in [5.41, 5.74) is -1.48. The summed E-state index contributed by atoms with van der Waals surface area (Å²) in [4.78, 5) is 36.6. The van der Waals surface area contributed by atoms with Crippen molar-refractivity contribution >= 4 is 35.2 Å². The first-order valence-electron chi connectivity index (χ1n) is 8.39. The summed E-state index contributed by atoms with van der Waals surface area (Å²) in [6, 6.07) is 0. The fourth-order valence-electron chi connectivity index (χ4n) is 3.21. The van der Waals surface area contributed by atoms with Crippen LogP contribution in [0.15, 0.2) is 0 Å². The number of carbonyl (C=O) groups is 3. The average Bonchev–Trinajstić information content (AvgIpc) is 2.92. The van der Waals surface area contributed by atoms with Gasteiger partial charge in [0.15, 0.2) is 11.3 Å². The number of carboxylic acids is 1. The highest BCUT2D eigenvalue weighted by Gasteiger charge is 2.53. The zero-order chi connectivity index (χ0) is 21.1. The maximum absolute atomic E-state index is 12.7. The van der Waals surface area contributed by atoms with E-state index in [9.17, 15) is 29.7 Å². The van der Waals surface area contributed by atoms with E-state index in [0.29, 0.717) is 0 Å². The van der Waals surface area contributed by atoms with Crippen LogP contribution >= 0.6 is 12.2 Å². The normalized spacial score (nSPS) is 32.9. The van der Waals surface area contributed by atoms with Crippen molar-refractivity contribution in [3.8, 4) is 0 Å². The smallest absolute Gasteiger partial charge is 0.317 e. The predicted molar refractivity (Wildman–Crippen MR) is 94.8 cm³/mol. The summed E-state index contributed by atoms with van der Waals surface area (Å²) in [7, 11) is 1.15. The number of aliphatic carboxylic acids is 1. The topological polar surface area (TPSA) is 178 Å². The second-order valence-corrected chi connectivity index (χ2v) is 7.03. The van der Waals surface area contributed by atoms with Crippen LogP contribution < -0.4 is 10.6 Å². The Hall–Kier alpha value is -1.90. The van der Waals surface area contributed by atoms with Crippen LogP contribution in [-0.2, 0) is 23.9 Å². The second kappa shape index (κ2) is 9.07. The molecule has 0 aromatic carbocycles. The Morgan fingerprint density at radius 2 is 2.11 bits per heavy atom. The van der Waals surface area contributed by atoms with Gasteiger partial charge in [-0.25, -0.2) is 0 Å². The van der Waals surface area contributed by atoms with Gasteiger partial charge in [0, 0.05) is 13.1 Å². The summed E-state index contributed by atoms with van der Waals surface area (Å²) >= 11 is 5.13. The minimum absolute atomic E-state index is 0.0986. The Kier molecular flexibility index (Phi) is 7.25. The standard InChI is InChI=1S/C15H23N3O9S/c1-26-9(22)2-15(5-16-3-8(20)21)6-18(14(28)17-13(15)25)12-11(24)10(23)7(4-19)27-12/h7,10-12,16,19,23-24H,2-6H2,1H3,(H,20,21)(H,17,25,28)/t7-,10-,11-,12-,15?/m1/s1. The lowest BCUT2D eigenvalue weighted by Gasteiger charge is -2.45. The Balaban J connectivity index is 2.28. The maximum Gasteiger partial charge on any atom is 0.317 e. The number of rotatable bonds is 8. The molecule has 13 heteroatoms. The SMILES string of the molecule is COC(=O)CC1(CNCC(=O)O)CN([C@@H]2O[C@H](CO)[C@@H](O)[C@H]2O)C(=S)NC1=O. The van der Waals surface area contributed by atoms with E-state index in [1.807, 2.05) is 0 Å². The molecular weight excluding hydrogens is 398 g/mol. The van der Waals surface area contributed by atoms with E-state index < -0.39 is 67.4 Å². The molecule has 0 radical (unpaired) electrons. The number of nitrogens with zero attached hydrogens (tertiary/aromatic N) is 1. The van der Waals surface area contributed by atoms with Crippen molar-refractivity contribution < 1.29 is 44.3 Å². The van der Waals surface area contributed by atoms with E-state index in [0.717, 1.165) is 7.11 Å². The first-order chi connectivity index (χ1) is 13.1. The molecule has 0 saturated carbocycles. The Morgan fingerprint density at radius 3 is 2.64 bits per heavy atom. The molecule has 2 aliphatic heterocycles. The lowest BCUT2D eigenvalue weighted by atomic mass is 9.81. The molecule has 1 unspecified atom stereocenters. The van der Waals surface area contributed by atoms with Crippen LogP contribution in [0.5, 0.6) is 0 Å². The number of carbonyl (C=O) groups excluding carboxylic acids is 2. The third kappa shape index (κ3) is 4.56. The second-order valence-electron chi connectivity index (χ2n) is 6.65. The van der Waals surface area contributed by atoms with E-state index in [2.05, 4.69) is 15.4 Å². The molecule has 0 aliphatic carbocycles. The molecule has 12 nitrogen and oxygen atoms in total. The highest BCUT2D eigenvalue weighted by molar-refractivity contribution is 7.80. The molecule has 2 saturated heterocycles. The minimum Gasteiger partial charge on any atom is -0.480 e. The zero-order valence-corrected chi connectivity index (χ0v) is 15.8. The number of aliphatic hydroxyl groups excluding tert-OH is 3. The first kappa shape index (κ1) is 22.4. The lowest BCUT2D eigenvalue weighted by molar-refractivity contribution is -0.152. The van der Waals surface area contributed by atoms with Gasteiger partial charge < -0.3 is 45.4 Å². The molecule has 6 N–H and O–H groups in total. The lowest BCUT2D eigenvalue weighted by Crippen LogP contribution is -2.67. The third-order valence-corrected chi connectivity index (χ3v) is 5.05. The zero-order valence-electron chi connectivity index (χ0n) is 15.0. The number of aliphatic hydroxyl groups is 3. The molecule has 0 aromatic heterocycles. The maximum atomic E-state index is 12.7. The van der Waals surface area contributed by atoms with Gasteiger partial charge in [-0.05, 0) is 12.2 Å². The molecule has 158 valence electrons. The van der Waals surface area contributed by atoms with E-state index in [-0.39, 0.29) is 18.2 Å². The van der Waals surface area contributed by atoms with Gasteiger partial charge in [-0.15, -0.1) is 0 Å². The number of esters is 1. The van der Waals surface area contributed by atoms with Crippen LogP contribution in [0.2, 0.25) is 0 Å². The molecule has 0 aromatic rings. The van der Waals surface area contributed by atoms with Gasteiger partial charge in [0.05, 0.1) is 32.1 Å². The van der Waals surface area contributed by atoms with Crippen molar-refractivity contribution in [3.05, 3.63) is 0 Å². The fraction of sp³-hybridized carbons (Fsp3) is 0.733. The minimum atomic E-state index is -1.48. The van der Waals surface area contributed by atoms with Crippen molar-refractivity contribution in [2.45, 2.75) is 31.0 Å². The number of nitrogens with one attached hydrogen (secondary N) is 2. The van der Waals surface area contributed by atoms with Crippen molar-refractivity contribution in [3.63, 3.8) is 0 Å². The van der Waals surface area contributed by atoms with Crippen LogP contribution in [0.4, 0.5) is 0 Å². The van der Waals surface area contributed by atoms with Crippen LogP contribution in [0.1, 0.15) is 6.42 Å². The number of ether oxygens (including phenoxy) is 2. The Bertz CT molecular complexity index is 648. The summed E-state index contributed by atoms with van der Waals surface area (Å²) in [6.07, 6.45) is -5.45. The largest absolute Gasteiger partial charge is 0.480 e. The van der Waals surface area contributed by atoms with Gasteiger partial charge in [-0.3, -0.25) is 14.4 Å². The molecule has 0 spiro atoms. The number of carboxylic acid groups (broad SMARTS) is 1.